The number of hydrogen-bond acceptors (Lipinski definition) is 3. The molecule has 0 aliphatic carbocycles. The Morgan fingerprint density at radius 2 is 2.45 bits per heavy atom. The van der Waals surface area contributed by atoms with Crippen molar-refractivity contribution in [3.05, 3.63) is 29.8 Å². The van der Waals surface area contributed by atoms with Gasteiger partial charge in [-0.2, -0.15) is 5.06 Å². The van der Waals surface area contributed by atoms with Gasteiger partial charge in [0.05, 0.1) is 12.2 Å². The van der Waals surface area contributed by atoms with E-state index in [1.807, 2.05) is 0 Å². The van der Waals surface area contributed by atoms with Gasteiger partial charge >= 0.3 is 0 Å². The van der Waals surface area contributed by atoms with Crippen LogP contribution >= 0.6 is 0 Å². The average molecular weight is 156 g/mol. The number of rotatable bonds is 2. The van der Waals surface area contributed by atoms with E-state index in [-0.39, 0.29) is 12.2 Å². The van der Waals surface area contributed by atoms with Gasteiger partial charge in [0.25, 0.3) is 0 Å². The van der Waals surface area contributed by atoms with Crippen molar-refractivity contribution in [1.82, 2.24) is 10.0 Å². The van der Waals surface area contributed by atoms with Crippen molar-refractivity contribution in [2.24, 2.45) is 0 Å². The average Bonchev–Trinajstić information content (AvgIpc) is 1.93. The van der Waals surface area contributed by atoms with Crippen molar-refractivity contribution in [2.75, 3.05) is 7.05 Å². The molecular formula is C7H9FN2O. The van der Waals surface area contributed by atoms with Crippen molar-refractivity contribution in [1.29, 1.82) is 0 Å². The molecule has 0 aliphatic rings. The van der Waals surface area contributed by atoms with Crippen LogP contribution in [0.25, 0.3) is 0 Å². The fraction of sp³-hybridized carbons (Fsp3) is 0.286. The van der Waals surface area contributed by atoms with Crippen LogP contribution in [-0.2, 0) is 6.54 Å². The second-order valence-corrected chi connectivity index (χ2v) is 2.25. The van der Waals surface area contributed by atoms with Gasteiger partial charge in [-0.1, -0.05) is 0 Å². The molecule has 0 fully saturated rings. The van der Waals surface area contributed by atoms with E-state index in [9.17, 15) is 4.39 Å². The Morgan fingerprint density at radius 1 is 1.73 bits per heavy atom. The highest BCUT2D eigenvalue weighted by atomic mass is 19.1. The molecule has 3 nitrogen and oxygen atoms in total. The van der Waals surface area contributed by atoms with Crippen LogP contribution in [0.1, 0.15) is 5.69 Å². The van der Waals surface area contributed by atoms with E-state index < -0.39 is 5.82 Å². The summed E-state index contributed by atoms with van der Waals surface area (Å²) in [6.07, 6.45) is 1.49. The predicted molar refractivity (Wildman–Crippen MR) is 37.4 cm³/mol. The molecule has 0 unspecified atom stereocenters. The number of nitrogens with zero attached hydrogens (tertiary/aromatic N) is 2. The van der Waals surface area contributed by atoms with Gasteiger partial charge in [0.2, 0.25) is 0 Å². The van der Waals surface area contributed by atoms with E-state index in [1.54, 1.807) is 0 Å². The van der Waals surface area contributed by atoms with Crippen LogP contribution in [0.15, 0.2) is 18.3 Å². The number of hydrogen-bond donors (Lipinski definition) is 1. The first-order valence-electron chi connectivity index (χ1n) is 3.19. The van der Waals surface area contributed by atoms with Crippen molar-refractivity contribution < 1.29 is 9.60 Å². The van der Waals surface area contributed by atoms with Crippen molar-refractivity contribution in [3.63, 3.8) is 0 Å². The molecule has 0 bridgehead atoms. The molecule has 1 rings (SSSR count). The lowest BCUT2D eigenvalue weighted by Gasteiger charge is -2.06. The number of aromatic nitrogens is 1. The smallest absolute Gasteiger partial charge is 0.146 e. The highest BCUT2D eigenvalue weighted by Crippen LogP contribution is 2.03. The monoisotopic (exact) mass is 156 g/mol. The van der Waals surface area contributed by atoms with E-state index >= 15 is 0 Å². The molecule has 0 spiro atoms. The van der Waals surface area contributed by atoms with Crippen LogP contribution < -0.4 is 0 Å². The third kappa shape index (κ3) is 2.25. The molecule has 0 saturated carbocycles. The molecule has 1 aromatic heterocycles. The Labute approximate surface area is 64.1 Å². The van der Waals surface area contributed by atoms with Gasteiger partial charge in [-0.15, -0.1) is 0 Å². The van der Waals surface area contributed by atoms with Gasteiger partial charge in [0, 0.05) is 13.2 Å². The van der Waals surface area contributed by atoms with Crippen LogP contribution in [0.2, 0.25) is 0 Å². The number of hydroxylamine groups is 2. The Morgan fingerprint density at radius 3 is 3.00 bits per heavy atom. The zero-order chi connectivity index (χ0) is 8.27. The largest absolute Gasteiger partial charge is 0.314 e. The van der Waals surface area contributed by atoms with Gasteiger partial charge in [-0.05, 0) is 12.1 Å². The molecule has 0 radical (unpaired) electrons. The zero-order valence-corrected chi connectivity index (χ0v) is 6.16. The maximum atomic E-state index is 12.7. The molecule has 11 heavy (non-hydrogen) atoms. The van der Waals surface area contributed by atoms with E-state index in [1.165, 1.54) is 25.4 Å². The molecule has 0 amide bonds. The molecule has 60 valence electrons. The molecule has 0 aliphatic heterocycles. The summed E-state index contributed by atoms with van der Waals surface area (Å²) in [6, 6.07) is 2.82. The molecular weight excluding hydrogens is 147 g/mol. The Hall–Kier alpha value is -1.00. The molecule has 0 aromatic carbocycles. The van der Waals surface area contributed by atoms with Crippen LogP contribution in [0.4, 0.5) is 4.39 Å². The standard InChI is InChI=1S/C7H9FN2O/c1-10(11)5-7-6(8)3-2-4-9-7/h2-4,11H,5H2,1H3. The lowest BCUT2D eigenvalue weighted by atomic mass is 10.3. The van der Waals surface area contributed by atoms with Crippen LogP contribution in [0.5, 0.6) is 0 Å². The molecule has 1 heterocycles. The van der Waals surface area contributed by atoms with E-state index in [4.69, 9.17) is 5.21 Å². The molecule has 0 saturated heterocycles. The molecule has 0 atom stereocenters. The molecule has 1 N–H and O–H groups in total. The van der Waals surface area contributed by atoms with Crippen molar-refractivity contribution >= 4 is 0 Å². The quantitative estimate of drug-likeness (QED) is 0.650. The van der Waals surface area contributed by atoms with E-state index in [0.29, 0.717) is 0 Å². The van der Waals surface area contributed by atoms with E-state index in [2.05, 4.69) is 4.98 Å². The third-order valence-electron chi connectivity index (χ3n) is 1.21. The minimum absolute atomic E-state index is 0.104. The summed E-state index contributed by atoms with van der Waals surface area (Å²) >= 11 is 0. The van der Waals surface area contributed by atoms with Gasteiger partial charge in [-0.25, -0.2) is 4.39 Å². The van der Waals surface area contributed by atoms with Crippen LogP contribution in [0, 0.1) is 5.82 Å². The lowest BCUT2D eigenvalue weighted by Crippen LogP contribution is -2.13. The summed E-state index contributed by atoms with van der Waals surface area (Å²) in [4.78, 5) is 3.74. The predicted octanol–water partition coefficient (Wildman–Crippen LogP) is 1.04. The van der Waals surface area contributed by atoms with Gasteiger partial charge in [-0.3, -0.25) is 4.98 Å². The summed E-state index contributed by atoms with van der Waals surface area (Å²) < 4.78 is 12.7. The van der Waals surface area contributed by atoms with Crippen LogP contribution in [-0.4, -0.2) is 22.3 Å². The first kappa shape index (κ1) is 8.10. The zero-order valence-electron chi connectivity index (χ0n) is 6.16. The highest BCUT2D eigenvalue weighted by Gasteiger charge is 2.02. The van der Waals surface area contributed by atoms with Crippen molar-refractivity contribution in [3.8, 4) is 0 Å². The first-order chi connectivity index (χ1) is 5.20. The normalized spacial score (nSPS) is 10.5. The topological polar surface area (TPSA) is 36.4 Å². The summed E-state index contributed by atoms with van der Waals surface area (Å²) in [5.74, 6) is -0.395. The second-order valence-electron chi connectivity index (χ2n) is 2.25. The third-order valence-corrected chi connectivity index (χ3v) is 1.21. The van der Waals surface area contributed by atoms with Gasteiger partial charge in [0.1, 0.15) is 5.82 Å². The fourth-order valence-corrected chi connectivity index (χ4v) is 0.751. The summed E-state index contributed by atoms with van der Waals surface area (Å²) in [5, 5.41) is 9.64. The molecule has 1 aromatic rings. The minimum Gasteiger partial charge on any atom is -0.314 e. The number of pyridine rings is 1. The second kappa shape index (κ2) is 3.41. The van der Waals surface area contributed by atoms with Gasteiger partial charge < -0.3 is 5.21 Å². The summed E-state index contributed by atoms with van der Waals surface area (Å²) in [5.41, 5.74) is 0.248. The Kier molecular flexibility index (Phi) is 2.51. The SMILES string of the molecule is CN(O)Cc1ncccc1F. The molecule has 4 heteroatoms. The van der Waals surface area contributed by atoms with Gasteiger partial charge in [0.15, 0.2) is 0 Å². The Bertz CT molecular complexity index is 240. The summed E-state index contributed by atoms with van der Waals surface area (Å²) in [7, 11) is 1.44. The fourth-order valence-electron chi connectivity index (χ4n) is 0.751. The minimum atomic E-state index is -0.395. The lowest BCUT2D eigenvalue weighted by molar-refractivity contribution is -0.0748. The van der Waals surface area contributed by atoms with E-state index in [0.717, 1.165) is 5.06 Å². The highest BCUT2D eigenvalue weighted by molar-refractivity contribution is 5.06. The maximum Gasteiger partial charge on any atom is 0.146 e. The van der Waals surface area contributed by atoms with Crippen molar-refractivity contribution in [2.45, 2.75) is 6.54 Å². The summed E-state index contributed by atoms with van der Waals surface area (Å²) in [6.45, 7) is 0.104. The first-order valence-corrected chi connectivity index (χ1v) is 3.19. The maximum absolute atomic E-state index is 12.7. The van der Waals surface area contributed by atoms with Crippen LogP contribution in [0.3, 0.4) is 0 Å². The number of halogens is 1. The Balaban J connectivity index is 2.78.